The SMILES string of the molecule is COc1ccc(CN2C(=O)C(c3ccc(OC)cc3)=C(N3CCCC(C)C3)C2=O)cc1. The second-order valence-electron chi connectivity index (χ2n) is 8.19. The molecule has 1 saturated heterocycles. The van der Waals surface area contributed by atoms with Gasteiger partial charge in [0, 0.05) is 13.1 Å². The summed E-state index contributed by atoms with van der Waals surface area (Å²) in [7, 11) is 3.22. The number of piperidine rings is 1. The molecule has 2 aromatic carbocycles. The number of carbonyl (C=O) groups is 2. The van der Waals surface area contributed by atoms with Gasteiger partial charge in [0.05, 0.1) is 26.3 Å². The van der Waals surface area contributed by atoms with Crippen LogP contribution in [-0.2, 0) is 16.1 Å². The van der Waals surface area contributed by atoms with Crippen molar-refractivity contribution in [3.8, 4) is 11.5 Å². The third-order valence-electron chi connectivity index (χ3n) is 6.00. The van der Waals surface area contributed by atoms with E-state index < -0.39 is 0 Å². The summed E-state index contributed by atoms with van der Waals surface area (Å²) in [5, 5.41) is 0. The largest absolute Gasteiger partial charge is 0.497 e. The molecule has 0 saturated carbocycles. The quantitative estimate of drug-likeness (QED) is 0.667. The second kappa shape index (κ2) is 8.84. The van der Waals surface area contributed by atoms with Crippen LogP contribution >= 0.6 is 0 Å². The van der Waals surface area contributed by atoms with Crippen LogP contribution in [0.25, 0.3) is 5.57 Å². The molecule has 0 radical (unpaired) electrons. The monoisotopic (exact) mass is 420 g/mol. The van der Waals surface area contributed by atoms with Crippen LogP contribution in [-0.4, -0.2) is 48.9 Å². The van der Waals surface area contributed by atoms with Gasteiger partial charge in [-0.15, -0.1) is 0 Å². The zero-order valence-electron chi connectivity index (χ0n) is 18.3. The number of methoxy groups -OCH3 is 2. The minimum atomic E-state index is -0.251. The van der Waals surface area contributed by atoms with Crippen molar-refractivity contribution < 1.29 is 19.1 Å². The minimum Gasteiger partial charge on any atom is -0.497 e. The Bertz CT molecular complexity index is 995. The molecule has 4 rings (SSSR count). The first kappa shape index (κ1) is 21.0. The van der Waals surface area contributed by atoms with Crippen molar-refractivity contribution >= 4 is 17.4 Å². The number of likely N-dealkylation sites (tertiary alicyclic amines) is 1. The zero-order valence-corrected chi connectivity index (χ0v) is 18.3. The lowest BCUT2D eigenvalue weighted by molar-refractivity contribution is -0.138. The summed E-state index contributed by atoms with van der Waals surface area (Å²) in [5.41, 5.74) is 2.62. The predicted molar refractivity (Wildman–Crippen MR) is 118 cm³/mol. The molecule has 0 bridgehead atoms. The van der Waals surface area contributed by atoms with E-state index in [9.17, 15) is 9.59 Å². The average Bonchev–Trinajstić information content (AvgIpc) is 3.04. The van der Waals surface area contributed by atoms with Crippen LogP contribution in [0.4, 0.5) is 0 Å². The molecular weight excluding hydrogens is 392 g/mol. The standard InChI is InChI=1S/C25H28N2O4/c1-17-5-4-14-26(15-17)23-22(19-8-12-21(31-3)13-9-19)24(28)27(25(23)29)16-18-6-10-20(30-2)11-7-18/h6-13,17H,4-5,14-16H2,1-3H3. The summed E-state index contributed by atoms with van der Waals surface area (Å²) in [6.45, 7) is 3.99. The van der Waals surface area contributed by atoms with Gasteiger partial charge in [-0.1, -0.05) is 31.2 Å². The minimum absolute atomic E-state index is 0.222. The summed E-state index contributed by atoms with van der Waals surface area (Å²) in [6.07, 6.45) is 2.15. The highest BCUT2D eigenvalue weighted by atomic mass is 16.5. The molecule has 2 aliphatic heterocycles. The van der Waals surface area contributed by atoms with Crippen LogP contribution in [0.5, 0.6) is 11.5 Å². The molecule has 1 fully saturated rings. The van der Waals surface area contributed by atoms with Gasteiger partial charge in [0.25, 0.3) is 11.8 Å². The molecule has 6 heteroatoms. The van der Waals surface area contributed by atoms with Gasteiger partial charge in [0.1, 0.15) is 17.2 Å². The Labute approximate surface area is 183 Å². The van der Waals surface area contributed by atoms with Crippen molar-refractivity contribution in [1.29, 1.82) is 0 Å². The van der Waals surface area contributed by atoms with Crippen LogP contribution < -0.4 is 9.47 Å². The molecule has 2 amide bonds. The first-order valence-electron chi connectivity index (χ1n) is 10.6. The van der Waals surface area contributed by atoms with Crippen molar-refractivity contribution in [2.75, 3.05) is 27.3 Å². The first-order chi connectivity index (χ1) is 15.0. The lowest BCUT2D eigenvalue weighted by Crippen LogP contribution is -2.39. The molecule has 1 atom stereocenters. The number of rotatable bonds is 6. The van der Waals surface area contributed by atoms with Gasteiger partial charge in [-0.2, -0.15) is 0 Å². The van der Waals surface area contributed by atoms with Gasteiger partial charge in [-0.05, 0) is 54.2 Å². The number of amides is 2. The molecule has 1 unspecified atom stereocenters. The molecule has 0 N–H and O–H groups in total. The van der Waals surface area contributed by atoms with E-state index in [0.29, 0.717) is 22.9 Å². The zero-order chi connectivity index (χ0) is 22.0. The van der Waals surface area contributed by atoms with Crippen molar-refractivity contribution in [2.45, 2.75) is 26.3 Å². The van der Waals surface area contributed by atoms with Crippen LogP contribution in [0.1, 0.15) is 30.9 Å². The van der Waals surface area contributed by atoms with Crippen LogP contribution in [0.15, 0.2) is 54.2 Å². The number of hydrogen-bond acceptors (Lipinski definition) is 5. The molecular formula is C25H28N2O4. The maximum absolute atomic E-state index is 13.5. The lowest BCUT2D eigenvalue weighted by atomic mass is 9.98. The summed E-state index contributed by atoms with van der Waals surface area (Å²) in [5.74, 6) is 1.46. The molecule has 2 aromatic rings. The van der Waals surface area contributed by atoms with Gasteiger partial charge < -0.3 is 14.4 Å². The van der Waals surface area contributed by atoms with Crippen LogP contribution in [0.3, 0.4) is 0 Å². The molecule has 6 nitrogen and oxygen atoms in total. The van der Waals surface area contributed by atoms with E-state index in [4.69, 9.17) is 9.47 Å². The maximum Gasteiger partial charge on any atom is 0.278 e. The molecule has 0 aromatic heterocycles. The number of hydrogen-bond donors (Lipinski definition) is 0. The Morgan fingerprint density at radius 2 is 1.52 bits per heavy atom. The highest BCUT2D eigenvalue weighted by Crippen LogP contribution is 2.35. The van der Waals surface area contributed by atoms with E-state index >= 15 is 0 Å². The van der Waals surface area contributed by atoms with Crippen LogP contribution in [0.2, 0.25) is 0 Å². The number of benzene rings is 2. The Morgan fingerprint density at radius 3 is 2.10 bits per heavy atom. The molecule has 2 aliphatic rings. The predicted octanol–water partition coefficient (Wildman–Crippen LogP) is 3.72. The van der Waals surface area contributed by atoms with E-state index in [1.807, 2.05) is 48.5 Å². The molecule has 0 aliphatic carbocycles. The van der Waals surface area contributed by atoms with E-state index in [1.54, 1.807) is 14.2 Å². The Morgan fingerprint density at radius 1 is 0.903 bits per heavy atom. The number of ether oxygens (including phenoxy) is 2. The second-order valence-corrected chi connectivity index (χ2v) is 8.19. The highest BCUT2D eigenvalue weighted by Gasteiger charge is 2.42. The third-order valence-corrected chi connectivity index (χ3v) is 6.00. The molecule has 31 heavy (non-hydrogen) atoms. The van der Waals surface area contributed by atoms with Gasteiger partial charge in [0.15, 0.2) is 0 Å². The average molecular weight is 421 g/mol. The normalized spacial score (nSPS) is 19.3. The molecule has 0 spiro atoms. The smallest absolute Gasteiger partial charge is 0.278 e. The summed E-state index contributed by atoms with van der Waals surface area (Å²) >= 11 is 0. The Kier molecular flexibility index (Phi) is 5.98. The van der Waals surface area contributed by atoms with Gasteiger partial charge in [-0.25, -0.2) is 0 Å². The Balaban J connectivity index is 1.70. The Hall–Kier alpha value is -3.28. The third kappa shape index (κ3) is 4.15. The maximum atomic E-state index is 13.5. The van der Waals surface area contributed by atoms with E-state index in [1.165, 1.54) is 4.90 Å². The fourth-order valence-corrected chi connectivity index (χ4v) is 4.32. The number of imide groups is 1. The highest BCUT2D eigenvalue weighted by molar-refractivity contribution is 6.35. The fraction of sp³-hybridized carbons (Fsp3) is 0.360. The van der Waals surface area contributed by atoms with Crippen molar-refractivity contribution in [1.82, 2.24) is 9.80 Å². The van der Waals surface area contributed by atoms with Crippen molar-refractivity contribution in [3.05, 3.63) is 65.4 Å². The van der Waals surface area contributed by atoms with Crippen LogP contribution in [0, 0.1) is 5.92 Å². The van der Waals surface area contributed by atoms with E-state index in [0.717, 1.165) is 42.8 Å². The topological polar surface area (TPSA) is 59.1 Å². The first-order valence-corrected chi connectivity index (χ1v) is 10.6. The van der Waals surface area contributed by atoms with Gasteiger partial charge in [0.2, 0.25) is 0 Å². The molecule has 162 valence electrons. The number of carbonyl (C=O) groups excluding carboxylic acids is 2. The summed E-state index contributed by atoms with van der Waals surface area (Å²) < 4.78 is 10.5. The van der Waals surface area contributed by atoms with Gasteiger partial charge >= 0.3 is 0 Å². The van der Waals surface area contributed by atoms with Gasteiger partial charge in [-0.3, -0.25) is 14.5 Å². The summed E-state index contributed by atoms with van der Waals surface area (Å²) in [4.78, 5) is 30.5. The molecule has 2 heterocycles. The van der Waals surface area contributed by atoms with Crippen molar-refractivity contribution in [3.63, 3.8) is 0 Å². The lowest BCUT2D eigenvalue weighted by Gasteiger charge is -2.33. The van der Waals surface area contributed by atoms with E-state index in [2.05, 4.69) is 11.8 Å². The van der Waals surface area contributed by atoms with E-state index in [-0.39, 0.29) is 18.4 Å². The number of nitrogens with zero attached hydrogens (tertiary/aromatic N) is 2. The summed E-state index contributed by atoms with van der Waals surface area (Å²) in [6, 6.07) is 14.8. The fourth-order valence-electron chi connectivity index (χ4n) is 4.32. The van der Waals surface area contributed by atoms with Crippen molar-refractivity contribution in [2.24, 2.45) is 5.92 Å².